The average Bonchev–Trinajstić information content (AvgIpc) is 3.26. The van der Waals surface area contributed by atoms with E-state index in [0.717, 1.165) is 16.8 Å². The van der Waals surface area contributed by atoms with Gasteiger partial charge in [0.15, 0.2) is 0 Å². The van der Waals surface area contributed by atoms with Gasteiger partial charge >= 0.3 is 0 Å². The maximum atomic E-state index is 12.8. The molecule has 1 aliphatic rings. The van der Waals surface area contributed by atoms with Gasteiger partial charge in [0.2, 0.25) is 21.1 Å². The van der Waals surface area contributed by atoms with E-state index in [1.807, 2.05) is 32.0 Å². The van der Waals surface area contributed by atoms with Crippen LogP contribution in [0.2, 0.25) is 0 Å². The maximum Gasteiger partial charge on any atom is 0.243 e. The van der Waals surface area contributed by atoms with Gasteiger partial charge in [-0.05, 0) is 47.5 Å². The van der Waals surface area contributed by atoms with Gasteiger partial charge in [0.05, 0.1) is 16.3 Å². The first-order valence-corrected chi connectivity index (χ1v) is 12.6. The highest BCUT2D eigenvalue weighted by Crippen LogP contribution is 2.24. The van der Waals surface area contributed by atoms with Crippen LogP contribution in [0.15, 0.2) is 58.6 Å². The molecule has 0 unspecified atom stereocenters. The zero-order valence-corrected chi connectivity index (χ0v) is 19.5. The highest BCUT2D eigenvalue weighted by molar-refractivity contribution is 7.99. The van der Waals surface area contributed by atoms with Crippen molar-refractivity contribution in [2.75, 3.05) is 31.9 Å². The van der Waals surface area contributed by atoms with E-state index in [2.05, 4.69) is 15.5 Å². The normalized spacial score (nSPS) is 15.1. The number of piperazine rings is 1. The lowest BCUT2D eigenvalue weighted by Gasteiger charge is -2.34. The fraction of sp³-hybridized carbons (Fsp3) is 0.333. The molecule has 0 spiro atoms. The average molecular weight is 473 g/mol. The molecule has 0 N–H and O–H groups in total. The van der Waals surface area contributed by atoms with Crippen molar-refractivity contribution >= 4 is 27.7 Å². The molecular weight excluding hydrogens is 448 g/mol. The summed E-state index contributed by atoms with van der Waals surface area (Å²) in [6.07, 6.45) is 0. The number of hydrogen-bond acceptors (Lipinski definition) is 7. The molecule has 32 heavy (non-hydrogen) atoms. The van der Waals surface area contributed by atoms with Crippen LogP contribution in [0.1, 0.15) is 11.1 Å². The van der Waals surface area contributed by atoms with E-state index >= 15 is 0 Å². The van der Waals surface area contributed by atoms with Gasteiger partial charge < -0.3 is 4.90 Å². The second-order valence-electron chi connectivity index (χ2n) is 7.50. The molecule has 0 aliphatic carbocycles. The summed E-state index contributed by atoms with van der Waals surface area (Å²) in [6, 6.07) is 14.3. The molecule has 1 fully saturated rings. The van der Waals surface area contributed by atoms with Crippen molar-refractivity contribution in [2.24, 2.45) is 0 Å². The zero-order chi connectivity index (χ0) is 22.7. The Morgan fingerprint density at radius 1 is 0.969 bits per heavy atom. The van der Waals surface area contributed by atoms with Crippen molar-refractivity contribution in [1.29, 1.82) is 0 Å². The molecule has 9 nitrogen and oxygen atoms in total. The predicted octanol–water partition coefficient (Wildman–Crippen LogP) is 1.90. The smallest absolute Gasteiger partial charge is 0.243 e. The van der Waals surface area contributed by atoms with E-state index in [1.165, 1.54) is 16.1 Å². The molecule has 1 aliphatic heterocycles. The van der Waals surface area contributed by atoms with Crippen LogP contribution in [0.5, 0.6) is 0 Å². The summed E-state index contributed by atoms with van der Waals surface area (Å²) in [7, 11) is -3.54. The number of para-hydroxylation sites is 1. The van der Waals surface area contributed by atoms with Crippen LogP contribution in [0, 0.1) is 13.8 Å². The van der Waals surface area contributed by atoms with E-state index in [9.17, 15) is 13.2 Å². The van der Waals surface area contributed by atoms with Gasteiger partial charge in [-0.1, -0.05) is 48.2 Å². The minimum Gasteiger partial charge on any atom is -0.339 e. The predicted molar refractivity (Wildman–Crippen MR) is 121 cm³/mol. The number of nitrogens with zero attached hydrogens (tertiary/aromatic N) is 6. The topological polar surface area (TPSA) is 101 Å². The molecule has 4 rings (SSSR count). The van der Waals surface area contributed by atoms with E-state index in [4.69, 9.17) is 0 Å². The Morgan fingerprint density at radius 2 is 1.62 bits per heavy atom. The molecule has 0 bridgehead atoms. The van der Waals surface area contributed by atoms with Crippen molar-refractivity contribution in [3.05, 3.63) is 59.7 Å². The van der Waals surface area contributed by atoms with Crippen LogP contribution in [-0.2, 0) is 14.8 Å². The number of amides is 1. The molecular formula is C21H24N6O3S2. The van der Waals surface area contributed by atoms with Crippen LogP contribution in [0.3, 0.4) is 0 Å². The Bertz CT molecular complexity index is 1190. The number of sulfonamides is 1. The molecule has 2 aromatic carbocycles. The highest BCUT2D eigenvalue weighted by atomic mass is 32.2. The zero-order valence-electron chi connectivity index (χ0n) is 17.9. The van der Waals surface area contributed by atoms with Crippen LogP contribution >= 0.6 is 11.8 Å². The number of carbonyl (C=O) groups is 1. The third kappa shape index (κ3) is 4.54. The molecule has 3 aromatic rings. The Balaban J connectivity index is 1.37. The Labute approximate surface area is 191 Å². The summed E-state index contributed by atoms with van der Waals surface area (Å²) in [4.78, 5) is 14.7. The second-order valence-corrected chi connectivity index (χ2v) is 10.4. The number of tetrazole rings is 1. The molecule has 1 saturated heterocycles. The van der Waals surface area contributed by atoms with E-state index in [-0.39, 0.29) is 29.6 Å². The Hall–Kier alpha value is -2.76. The van der Waals surface area contributed by atoms with Gasteiger partial charge in [-0.3, -0.25) is 4.79 Å². The first-order valence-electron chi connectivity index (χ1n) is 10.2. The van der Waals surface area contributed by atoms with Gasteiger partial charge in [-0.15, -0.1) is 5.10 Å². The number of rotatable bonds is 6. The summed E-state index contributed by atoms with van der Waals surface area (Å²) in [6.45, 7) is 5.24. The fourth-order valence-corrected chi connectivity index (χ4v) is 5.91. The molecule has 2 heterocycles. The number of hydrogen-bond donors (Lipinski definition) is 0. The van der Waals surface area contributed by atoms with Crippen LogP contribution in [0.4, 0.5) is 0 Å². The second kappa shape index (κ2) is 9.39. The lowest BCUT2D eigenvalue weighted by molar-refractivity contribution is -0.129. The largest absolute Gasteiger partial charge is 0.339 e. The van der Waals surface area contributed by atoms with Crippen molar-refractivity contribution < 1.29 is 13.2 Å². The van der Waals surface area contributed by atoms with Crippen molar-refractivity contribution in [3.8, 4) is 5.69 Å². The molecule has 0 saturated carbocycles. The van der Waals surface area contributed by atoms with Crippen LogP contribution < -0.4 is 0 Å². The summed E-state index contributed by atoms with van der Waals surface area (Å²) in [5.41, 5.74) is 3.00. The van der Waals surface area contributed by atoms with Crippen LogP contribution in [-0.4, -0.2) is 75.7 Å². The number of aryl methyl sites for hydroxylation is 2. The van der Waals surface area contributed by atoms with Crippen LogP contribution in [0.25, 0.3) is 5.69 Å². The van der Waals surface area contributed by atoms with Gasteiger partial charge in [0, 0.05) is 26.2 Å². The Morgan fingerprint density at radius 3 is 2.28 bits per heavy atom. The molecule has 0 atom stereocenters. The molecule has 1 aromatic heterocycles. The third-order valence-corrected chi connectivity index (χ3v) is 8.21. The first kappa shape index (κ1) is 22.4. The monoisotopic (exact) mass is 472 g/mol. The van der Waals surface area contributed by atoms with Gasteiger partial charge in [0.25, 0.3) is 0 Å². The molecule has 1 amide bonds. The lowest BCUT2D eigenvalue weighted by Crippen LogP contribution is -2.50. The number of thioether (sulfide) groups is 1. The lowest BCUT2D eigenvalue weighted by atomic mass is 10.1. The van der Waals surface area contributed by atoms with Crippen molar-refractivity contribution in [1.82, 2.24) is 29.4 Å². The molecule has 11 heteroatoms. The first-order chi connectivity index (χ1) is 15.4. The molecule has 0 radical (unpaired) electrons. The van der Waals surface area contributed by atoms with Gasteiger partial charge in [-0.25, -0.2) is 8.42 Å². The highest BCUT2D eigenvalue weighted by Gasteiger charge is 2.30. The Kier molecular flexibility index (Phi) is 6.58. The summed E-state index contributed by atoms with van der Waals surface area (Å²) < 4.78 is 28.6. The SMILES string of the molecule is Cc1cccc(C)c1-n1nnnc1SCC(=O)N1CCN(S(=O)(=O)c2ccccc2)CC1. The minimum absolute atomic E-state index is 0.0668. The number of benzene rings is 2. The van der Waals surface area contributed by atoms with E-state index < -0.39 is 10.0 Å². The number of carbonyl (C=O) groups excluding carboxylic acids is 1. The van der Waals surface area contributed by atoms with E-state index in [1.54, 1.807) is 39.9 Å². The standard InChI is InChI=1S/C21H24N6O3S2/c1-16-7-6-8-17(2)20(16)27-21(22-23-24-27)31-15-19(28)25-11-13-26(14-12-25)32(29,30)18-9-4-3-5-10-18/h3-10H,11-15H2,1-2H3. The summed E-state index contributed by atoms with van der Waals surface area (Å²) >= 11 is 1.27. The quantitative estimate of drug-likeness (QED) is 0.505. The molecule has 168 valence electrons. The fourth-order valence-electron chi connectivity index (χ4n) is 3.69. The van der Waals surface area contributed by atoms with Crippen molar-refractivity contribution in [3.63, 3.8) is 0 Å². The van der Waals surface area contributed by atoms with E-state index in [0.29, 0.717) is 18.2 Å². The number of aromatic nitrogens is 4. The third-order valence-electron chi connectivity index (χ3n) is 5.39. The maximum absolute atomic E-state index is 12.8. The summed E-state index contributed by atoms with van der Waals surface area (Å²) in [5.74, 6) is 0.110. The minimum atomic E-state index is -3.54. The summed E-state index contributed by atoms with van der Waals surface area (Å²) in [5, 5.41) is 12.5. The van der Waals surface area contributed by atoms with Crippen molar-refractivity contribution in [2.45, 2.75) is 23.9 Å². The van der Waals surface area contributed by atoms with Gasteiger partial charge in [-0.2, -0.15) is 8.99 Å². The van der Waals surface area contributed by atoms with Gasteiger partial charge in [0.1, 0.15) is 0 Å².